The van der Waals surface area contributed by atoms with Crippen LogP contribution in [0.2, 0.25) is 0 Å². The highest BCUT2D eigenvalue weighted by Gasteiger charge is 2.23. The van der Waals surface area contributed by atoms with Crippen molar-refractivity contribution in [3.63, 3.8) is 0 Å². The Labute approximate surface area is 90.5 Å². The van der Waals surface area contributed by atoms with E-state index in [1.54, 1.807) is 11.3 Å². The largest absolute Gasteiger partial charge is 0.381 e. The summed E-state index contributed by atoms with van der Waals surface area (Å²) in [6.45, 7) is 2.32. The third-order valence-corrected chi connectivity index (χ3v) is 3.99. The standard InChI is InChI=1S/C12H19NS/c1-2-10-5-3-4-6-12(10)13-11-7-8-14-9-11/h7-10,12-13H,2-6H2,1H3. The van der Waals surface area contributed by atoms with E-state index in [2.05, 4.69) is 29.1 Å². The average Bonchev–Trinajstić information content (AvgIpc) is 2.71. The number of nitrogens with one attached hydrogen (secondary N) is 1. The predicted octanol–water partition coefficient (Wildman–Crippen LogP) is 4.13. The summed E-state index contributed by atoms with van der Waals surface area (Å²) in [7, 11) is 0. The molecule has 2 atom stereocenters. The fourth-order valence-electron chi connectivity index (χ4n) is 2.45. The van der Waals surface area contributed by atoms with Gasteiger partial charge in [-0.1, -0.05) is 26.2 Å². The summed E-state index contributed by atoms with van der Waals surface area (Å²) in [5.74, 6) is 0.892. The molecular formula is C12H19NS. The van der Waals surface area contributed by atoms with Crippen LogP contribution in [0, 0.1) is 5.92 Å². The molecule has 0 aromatic carbocycles. The monoisotopic (exact) mass is 209 g/mol. The molecule has 78 valence electrons. The lowest BCUT2D eigenvalue weighted by Gasteiger charge is -2.31. The second-order valence-electron chi connectivity index (χ2n) is 4.22. The van der Waals surface area contributed by atoms with Gasteiger partial charge in [0.25, 0.3) is 0 Å². The molecule has 14 heavy (non-hydrogen) atoms. The van der Waals surface area contributed by atoms with Gasteiger partial charge in [-0.2, -0.15) is 11.3 Å². The first-order valence-corrected chi connectivity index (χ1v) is 6.63. The van der Waals surface area contributed by atoms with Crippen molar-refractivity contribution in [2.75, 3.05) is 5.32 Å². The van der Waals surface area contributed by atoms with Crippen molar-refractivity contribution in [2.45, 2.75) is 45.1 Å². The van der Waals surface area contributed by atoms with Crippen LogP contribution >= 0.6 is 11.3 Å². The van der Waals surface area contributed by atoms with Crippen LogP contribution in [0.25, 0.3) is 0 Å². The zero-order valence-electron chi connectivity index (χ0n) is 8.83. The molecule has 1 aliphatic rings. The smallest absolute Gasteiger partial charge is 0.0451 e. The molecule has 2 rings (SSSR count). The van der Waals surface area contributed by atoms with E-state index < -0.39 is 0 Å². The van der Waals surface area contributed by atoms with Gasteiger partial charge in [-0.3, -0.25) is 0 Å². The molecule has 1 N–H and O–H groups in total. The van der Waals surface area contributed by atoms with Crippen molar-refractivity contribution in [1.29, 1.82) is 0 Å². The lowest BCUT2D eigenvalue weighted by atomic mass is 9.83. The van der Waals surface area contributed by atoms with Crippen molar-refractivity contribution in [2.24, 2.45) is 5.92 Å². The SMILES string of the molecule is CCC1CCCCC1Nc1ccsc1. The molecule has 1 aromatic heterocycles. The number of anilines is 1. The maximum Gasteiger partial charge on any atom is 0.0451 e. The van der Waals surface area contributed by atoms with Crippen molar-refractivity contribution >= 4 is 17.0 Å². The van der Waals surface area contributed by atoms with Gasteiger partial charge >= 0.3 is 0 Å². The lowest BCUT2D eigenvalue weighted by molar-refractivity contribution is 0.317. The third-order valence-electron chi connectivity index (χ3n) is 3.31. The summed E-state index contributed by atoms with van der Waals surface area (Å²) in [5.41, 5.74) is 1.32. The van der Waals surface area contributed by atoms with Crippen LogP contribution in [0.15, 0.2) is 16.8 Å². The van der Waals surface area contributed by atoms with E-state index in [0.717, 1.165) is 12.0 Å². The van der Waals surface area contributed by atoms with Crippen molar-refractivity contribution in [3.05, 3.63) is 16.8 Å². The minimum Gasteiger partial charge on any atom is -0.381 e. The number of hydrogen-bond acceptors (Lipinski definition) is 2. The topological polar surface area (TPSA) is 12.0 Å². The van der Waals surface area contributed by atoms with Gasteiger partial charge in [0.1, 0.15) is 0 Å². The first kappa shape index (κ1) is 10.0. The van der Waals surface area contributed by atoms with Crippen LogP contribution in [-0.4, -0.2) is 6.04 Å². The molecule has 0 bridgehead atoms. The molecular weight excluding hydrogens is 190 g/mol. The normalized spacial score (nSPS) is 27.5. The number of hydrogen-bond donors (Lipinski definition) is 1. The van der Waals surface area contributed by atoms with Gasteiger partial charge in [0.05, 0.1) is 0 Å². The summed E-state index contributed by atoms with van der Waals surface area (Å²) < 4.78 is 0. The van der Waals surface area contributed by atoms with Crippen LogP contribution in [0.1, 0.15) is 39.0 Å². The van der Waals surface area contributed by atoms with Crippen LogP contribution in [0.4, 0.5) is 5.69 Å². The molecule has 1 nitrogen and oxygen atoms in total. The zero-order chi connectivity index (χ0) is 9.80. The highest BCUT2D eigenvalue weighted by atomic mass is 32.1. The van der Waals surface area contributed by atoms with E-state index >= 15 is 0 Å². The van der Waals surface area contributed by atoms with Gasteiger partial charge < -0.3 is 5.32 Å². The summed E-state index contributed by atoms with van der Waals surface area (Å²) >= 11 is 1.77. The molecule has 0 spiro atoms. The molecule has 0 radical (unpaired) electrons. The Kier molecular flexibility index (Phi) is 3.46. The average molecular weight is 209 g/mol. The number of thiophene rings is 1. The number of rotatable bonds is 3. The molecule has 2 heteroatoms. The molecule has 0 saturated heterocycles. The Morgan fingerprint density at radius 2 is 2.29 bits per heavy atom. The van der Waals surface area contributed by atoms with E-state index in [4.69, 9.17) is 0 Å². The molecule has 2 unspecified atom stereocenters. The Morgan fingerprint density at radius 3 is 3.00 bits per heavy atom. The fourth-order valence-corrected chi connectivity index (χ4v) is 3.04. The summed E-state index contributed by atoms with van der Waals surface area (Å²) in [4.78, 5) is 0. The van der Waals surface area contributed by atoms with Crippen molar-refractivity contribution in [1.82, 2.24) is 0 Å². The van der Waals surface area contributed by atoms with Crippen LogP contribution < -0.4 is 5.32 Å². The highest BCUT2D eigenvalue weighted by Crippen LogP contribution is 2.29. The first-order valence-electron chi connectivity index (χ1n) is 5.69. The van der Waals surface area contributed by atoms with Crippen LogP contribution in [-0.2, 0) is 0 Å². The summed E-state index contributed by atoms with van der Waals surface area (Å²) in [5, 5.41) is 8.03. The maximum absolute atomic E-state index is 3.67. The van der Waals surface area contributed by atoms with E-state index in [0.29, 0.717) is 0 Å². The van der Waals surface area contributed by atoms with E-state index in [1.807, 2.05) is 0 Å². The minimum atomic E-state index is 0.725. The summed E-state index contributed by atoms with van der Waals surface area (Å²) in [6, 6.07) is 2.91. The quantitative estimate of drug-likeness (QED) is 0.789. The van der Waals surface area contributed by atoms with Crippen LogP contribution in [0.5, 0.6) is 0 Å². The minimum absolute atomic E-state index is 0.725. The van der Waals surface area contributed by atoms with Crippen molar-refractivity contribution < 1.29 is 0 Å². The van der Waals surface area contributed by atoms with Gasteiger partial charge in [0, 0.05) is 17.1 Å². The molecule has 1 fully saturated rings. The highest BCUT2D eigenvalue weighted by molar-refractivity contribution is 7.08. The molecule has 1 aliphatic carbocycles. The van der Waals surface area contributed by atoms with Gasteiger partial charge in [0.15, 0.2) is 0 Å². The van der Waals surface area contributed by atoms with Crippen molar-refractivity contribution in [3.8, 4) is 0 Å². The lowest BCUT2D eigenvalue weighted by Crippen LogP contribution is -2.31. The molecule has 0 amide bonds. The molecule has 0 aliphatic heterocycles. The molecule has 1 aromatic rings. The molecule has 1 heterocycles. The van der Waals surface area contributed by atoms with Gasteiger partial charge in [-0.25, -0.2) is 0 Å². The van der Waals surface area contributed by atoms with E-state index in [1.165, 1.54) is 37.8 Å². The Bertz CT molecular complexity index is 255. The van der Waals surface area contributed by atoms with E-state index in [-0.39, 0.29) is 0 Å². The second kappa shape index (κ2) is 4.83. The van der Waals surface area contributed by atoms with Gasteiger partial charge in [-0.05, 0) is 30.2 Å². The first-order chi connectivity index (χ1) is 6.90. The zero-order valence-corrected chi connectivity index (χ0v) is 9.65. The van der Waals surface area contributed by atoms with Gasteiger partial charge in [0.2, 0.25) is 0 Å². The molecule has 1 saturated carbocycles. The van der Waals surface area contributed by atoms with Gasteiger partial charge in [-0.15, -0.1) is 0 Å². The summed E-state index contributed by atoms with van der Waals surface area (Å²) in [6.07, 6.45) is 6.92. The fraction of sp³-hybridized carbons (Fsp3) is 0.667. The second-order valence-corrected chi connectivity index (χ2v) is 5.00. The predicted molar refractivity (Wildman–Crippen MR) is 64.0 cm³/mol. The Hall–Kier alpha value is -0.500. The Morgan fingerprint density at radius 1 is 1.43 bits per heavy atom. The Balaban J connectivity index is 1.94. The third kappa shape index (κ3) is 2.30. The maximum atomic E-state index is 3.67. The van der Waals surface area contributed by atoms with E-state index in [9.17, 15) is 0 Å². The van der Waals surface area contributed by atoms with Crippen LogP contribution in [0.3, 0.4) is 0 Å².